The summed E-state index contributed by atoms with van der Waals surface area (Å²) in [7, 11) is 0. The first-order valence-corrected chi connectivity index (χ1v) is 8.62. The van der Waals surface area contributed by atoms with Gasteiger partial charge in [0.05, 0.1) is 17.5 Å². The molecule has 0 aliphatic carbocycles. The van der Waals surface area contributed by atoms with Gasteiger partial charge in [-0.1, -0.05) is 54.6 Å². The summed E-state index contributed by atoms with van der Waals surface area (Å²) in [5.74, 6) is -0.152. The quantitative estimate of drug-likeness (QED) is 0.524. The predicted molar refractivity (Wildman–Crippen MR) is 103 cm³/mol. The Morgan fingerprint density at radius 1 is 1.00 bits per heavy atom. The molecular weight excluding hydrogens is 356 g/mol. The molecule has 0 radical (unpaired) electrons. The number of rotatable bonds is 5. The fourth-order valence-electron chi connectivity index (χ4n) is 3.10. The van der Waals surface area contributed by atoms with Crippen molar-refractivity contribution in [2.24, 2.45) is 0 Å². The van der Waals surface area contributed by atoms with Crippen molar-refractivity contribution in [3.8, 4) is 11.3 Å². The minimum absolute atomic E-state index is 0.152. The Morgan fingerprint density at radius 3 is 2.54 bits per heavy atom. The van der Waals surface area contributed by atoms with Gasteiger partial charge in [0, 0.05) is 23.9 Å². The van der Waals surface area contributed by atoms with Crippen molar-refractivity contribution in [2.45, 2.75) is 6.54 Å². The largest absolute Gasteiger partial charge is 0.465 e. The molecule has 138 valence electrons. The van der Waals surface area contributed by atoms with Crippen molar-refractivity contribution in [1.82, 2.24) is 19.9 Å². The van der Waals surface area contributed by atoms with Crippen molar-refractivity contribution in [3.63, 3.8) is 0 Å². The van der Waals surface area contributed by atoms with Crippen molar-refractivity contribution >= 4 is 17.5 Å². The van der Waals surface area contributed by atoms with Gasteiger partial charge in [-0.3, -0.25) is 4.79 Å². The molecule has 2 aromatic carbocycles. The lowest BCUT2D eigenvalue weighted by atomic mass is 10.0. The average Bonchev–Trinajstić information content (AvgIpc) is 3.17. The first-order valence-electron chi connectivity index (χ1n) is 8.62. The second-order valence-electron chi connectivity index (χ2n) is 6.13. The van der Waals surface area contributed by atoms with E-state index in [9.17, 15) is 9.59 Å². The van der Waals surface area contributed by atoms with Crippen LogP contribution in [0.15, 0.2) is 73.1 Å². The van der Waals surface area contributed by atoms with Gasteiger partial charge in [-0.25, -0.2) is 14.3 Å². The monoisotopic (exact) mass is 372 g/mol. The number of nitrogens with one attached hydrogen (secondary N) is 1. The van der Waals surface area contributed by atoms with Gasteiger partial charge in [0.2, 0.25) is 0 Å². The second-order valence-corrected chi connectivity index (χ2v) is 6.13. The Labute approximate surface area is 160 Å². The number of ketones is 1. The van der Waals surface area contributed by atoms with Crippen LogP contribution in [-0.4, -0.2) is 31.6 Å². The Hall–Kier alpha value is -4.00. The Morgan fingerprint density at radius 2 is 1.75 bits per heavy atom. The molecule has 2 heterocycles. The molecule has 0 aliphatic heterocycles. The number of carbonyl (C=O) groups is 2. The molecule has 0 saturated heterocycles. The molecule has 28 heavy (non-hydrogen) atoms. The predicted octanol–water partition coefficient (Wildman–Crippen LogP) is 3.39. The number of nitrogens with zero attached hydrogens (tertiary/aromatic N) is 3. The molecule has 0 atom stereocenters. The molecule has 0 aliphatic rings. The molecule has 0 saturated carbocycles. The van der Waals surface area contributed by atoms with Crippen LogP contribution in [-0.2, 0) is 6.54 Å². The summed E-state index contributed by atoms with van der Waals surface area (Å²) in [6.45, 7) is 0.159. The summed E-state index contributed by atoms with van der Waals surface area (Å²) in [6, 6.07) is 18.2. The average molecular weight is 372 g/mol. The Kier molecular flexibility index (Phi) is 4.55. The smallest absolute Gasteiger partial charge is 0.404 e. The van der Waals surface area contributed by atoms with Crippen LogP contribution >= 0.6 is 0 Å². The van der Waals surface area contributed by atoms with E-state index < -0.39 is 6.09 Å². The van der Waals surface area contributed by atoms with Gasteiger partial charge >= 0.3 is 6.09 Å². The van der Waals surface area contributed by atoms with Crippen LogP contribution < -0.4 is 5.32 Å². The summed E-state index contributed by atoms with van der Waals surface area (Å²) in [5, 5.41) is 15.7. The van der Waals surface area contributed by atoms with Gasteiger partial charge in [0.1, 0.15) is 0 Å². The van der Waals surface area contributed by atoms with Crippen LogP contribution in [0.5, 0.6) is 0 Å². The van der Waals surface area contributed by atoms with E-state index in [-0.39, 0.29) is 12.3 Å². The highest BCUT2D eigenvalue weighted by atomic mass is 16.4. The van der Waals surface area contributed by atoms with E-state index in [0.717, 1.165) is 16.8 Å². The Bertz CT molecular complexity index is 1170. The van der Waals surface area contributed by atoms with E-state index in [0.29, 0.717) is 16.8 Å². The SMILES string of the molecule is O=C(O)NCc1ccccc1-c1ccnc2c(C(=O)c3ccccc3)cnn12. The number of benzene rings is 2. The van der Waals surface area contributed by atoms with Gasteiger partial charge in [0.15, 0.2) is 11.4 Å². The van der Waals surface area contributed by atoms with Crippen LogP contribution in [0.4, 0.5) is 4.79 Å². The van der Waals surface area contributed by atoms with Crippen molar-refractivity contribution in [3.05, 3.63) is 89.7 Å². The molecule has 0 bridgehead atoms. The van der Waals surface area contributed by atoms with Crippen LogP contribution in [0, 0.1) is 0 Å². The maximum absolute atomic E-state index is 12.8. The zero-order chi connectivity index (χ0) is 19.5. The van der Waals surface area contributed by atoms with Crippen LogP contribution in [0.25, 0.3) is 16.9 Å². The summed E-state index contributed by atoms with van der Waals surface area (Å²) < 4.78 is 1.61. The number of carboxylic acid groups (broad SMARTS) is 1. The van der Waals surface area contributed by atoms with E-state index in [1.54, 1.807) is 28.9 Å². The lowest BCUT2D eigenvalue weighted by Crippen LogP contribution is -2.20. The molecule has 7 heteroatoms. The van der Waals surface area contributed by atoms with E-state index in [1.165, 1.54) is 6.20 Å². The van der Waals surface area contributed by atoms with Crippen molar-refractivity contribution in [2.75, 3.05) is 0 Å². The van der Waals surface area contributed by atoms with Crippen molar-refractivity contribution < 1.29 is 14.7 Å². The number of hydrogen-bond acceptors (Lipinski definition) is 4. The van der Waals surface area contributed by atoms with Crippen LogP contribution in [0.3, 0.4) is 0 Å². The molecule has 4 aromatic rings. The molecular formula is C21H16N4O3. The summed E-state index contributed by atoms with van der Waals surface area (Å²) in [6.07, 6.45) is 2.04. The highest BCUT2D eigenvalue weighted by molar-refractivity contribution is 6.12. The second kappa shape index (κ2) is 7.32. The third kappa shape index (κ3) is 3.21. The number of fused-ring (bicyclic) bond motifs is 1. The zero-order valence-corrected chi connectivity index (χ0v) is 14.7. The molecule has 7 nitrogen and oxygen atoms in total. The molecule has 0 spiro atoms. The van der Waals surface area contributed by atoms with Crippen LogP contribution in [0.2, 0.25) is 0 Å². The van der Waals surface area contributed by atoms with Gasteiger partial charge in [0.25, 0.3) is 0 Å². The topological polar surface area (TPSA) is 96.6 Å². The summed E-state index contributed by atoms with van der Waals surface area (Å²) in [5.41, 5.74) is 3.76. The van der Waals surface area contributed by atoms with E-state index >= 15 is 0 Å². The number of aromatic nitrogens is 3. The fourth-order valence-corrected chi connectivity index (χ4v) is 3.10. The minimum atomic E-state index is -1.09. The molecule has 1 amide bonds. The molecule has 2 N–H and O–H groups in total. The normalized spacial score (nSPS) is 10.7. The van der Waals surface area contributed by atoms with Gasteiger partial charge in [-0.05, 0) is 11.6 Å². The van der Waals surface area contributed by atoms with Gasteiger partial charge < -0.3 is 10.4 Å². The summed E-state index contributed by atoms with van der Waals surface area (Å²) in [4.78, 5) is 28.1. The maximum atomic E-state index is 12.8. The standard InChI is InChI=1S/C21H16N4O3/c26-19(14-6-2-1-3-7-14)17-13-24-25-18(10-11-22-20(17)25)16-9-5-4-8-15(16)12-23-21(27)28/h1-11,13,23H,12H2,(H,27,28). The minimum Gasteiger partial charge on any atom is -0.465 e. The highest BCUT2D eigenvalue weighted by Gasteiger charge is 2.18. The molecule has 4 rings (SSSR count). The lowest BCUT2D eigenvalue weighted by Gasteiger charge is -2.11. The van der Waals surface area contributed by atoms with Crippen molar-refractivity contribution in [1.29, 1.82) is 0 Å². The van der Waals surface area contributed by atoms with E-state index in [1.807, 2.05) is 42.5 Å². The third-order valence-electron chi connectivity index (χ3n) is 4.41. The third-order valence-corrected chi connectivity index (χ3v) is 4.41. The van der Waals surface area contributed by atoms with Crippen LogP contribution in [0.1, 0.15) is 21.5 Å². The van der Waals surface area contributed by atoms with E-state index in [4.69, 9.17) is 5.11 Å². The van der Waals surface area contributed by atoms with Gasteiger partial charge in [-0.2, -0.15) is 5.10 Å². The zero-order valence-electron chi connectivity index (χ0n) is 14.7. The number of carbonyl (C=O) groups excluding carboxylic acids is 1. The maximum Gasteiger partial charge on any atom is 0.404 e. The molecule has 2 aromatic heterocycles. The first-order chi connectivity index (χ1) is 13.6. The number of amides is 1. The van der Waals surface area contributed by atoms with E-state index in [2.05, 4.69) is 15.4 Å². The Balaban J connectivity index is 1.80. The molecule has 0 unspecified atom stereocenters. The number of hydrogen-bond donors (Lipinski definition) is 2. The van der Waals surface area contributed by atoms with Gasteiger partial charge in [-0.15, -0.1) is 0 Å². The lowest BCUT2D eigenvalue weighted by molar-refractivity contribution is 0.104. The first kappa shape index (κ1) is 17.4. The fraction of sp³-hybridized carbons (Fsp3) is 0.0476. The summed E-state index contributed by atoms with van der Waals surface area (Å²) >= 11 is 0. The molecule has 0 fully saturated rings. The highest BCUT2D eigenvalue weighted by Crippen LogP contribution is 2.25.